The first-order valence-corrected chi connectivity index (χ1v) is 5.45. The minimum absolute atomic E-state index is 0.331. The van der Waals surface area contributed by atoms with E-state index in [1.807, 2.05) is 26.0 Å². The first-order chi connectivity index (χ1) is 8.17. The van der Waals surface area contributed by atoms with Crippen LogP contribution in [0.2, 0.25) is 0 Å². The number of aromatic nitrogens is 2. The lowest BCUT2D eigenvalue weighted by Crippen LogP contribution is -2.01. The fraction of sp³-hybridized carbons (Fsp3) is 0.231. The van der Waals surface area contributed by atoms with Crippen LogP contribution in [0, 0.1) is 13.8 Å². The smallest absolute Gasteiger partial charge is 0.322 e. The van der Waals surface area contributed by atoms with Gasteiger partial charge in [-0.1, -0.05) is 6.07 Å². The maximum Gasteiger partial charge on any atom is 0.322 e. The summed E-state index contributed by atoms with van der Waals surface area (Å²) in [6.07, 6.45) is 1.65. The Labute approximate surface area is 100 Å². The monoisotopic (exact) mass is 229 g/mol. The second kappa shape index (κ2) is 4.93. The second-order valence-electron chi connectivity index (χ2n) is 3.96. The van der Waals surface area contributed by atoms with Gasteiger partial charge in [0.2, 0.25) is 0 Å². The molecule has 0 aliphatic rings. The van der Waals surface area contributed by atoms with Gasteiger partial charge in [0.1, 0.15) is 5.75 Å². The van der Waals surface area contributed by atoms with Gasteiger partial charge in [-0.15, -0.1) is 0 Å². The van der Waals surface area contributed by atoms with E-state index in [0.717, 1.165) is 22.6 Å². The summed E-state index contributed by atoms with van der Waals surface area (Å²) in [7, 11) is 0. The first kappa shape index (κ1) is 11.5. The summed E-state index contributed by atoms with van der Waals surface area (Å²) in [5.74, 6) is 0.747. The molecule has 0 unspecified atom stereocenters. The average molecular weight is 229 g/mol. The zero-order chi connectivity index (χ0) is 12.3. The predicted octanol–water partition coefficient (Wildman–Crippen LogP) is 2.34. The van der Waals surface area contributed by atoms with Crippen molar-refractivity contribution in [1.29, 1.82) is 0 Å². The van der Waals surface area contributed by atoms with Gasteiger partial charge in [0.25, 0.3) is 0 Å². The normalized spacial score (nSPS) is 10.3. The Morgan fingerprint density at radius 1 is 1.18 bits per heavy atom. The van der Waals surface area contributed by atoms with Crippen molar-refractivity contribution in [2.24, 2.45) is 5.73 Å². The molecule has 0 atom stereocenters. The molecule has 88 valence electrons. The molecule has 0 aliphatic carbocycles. The van der Waals surface area contributed by atoms with Gasteiger partial charge in [-0.2, -0.15) is 4.98 Å². The van der Waals surface area contributed by atoms with Crippen molar-refractivity contribution in [2.45, 2.75) is 20.4 Å². The van der Waals surface area contributed by atoms with Gasteiger partial charge in [0, 0.05) is 12.7 Å². The lowest BCUT2D eigenvalue weighted by molar-refractivity contribution is 0.439. The van der Waals surface area contributed by atoms with Gasteiger partial charge < -0.3 is 10.5 Å². The van der Waals surface area contributed by atoms with Crippen molar-refractivity contribution >= 4 is 0 Å². The molecule has 0 saturated heterocycles. The number of aryl methyl sites for hydroxylation is 2. The van der Waals surface area contributed by atoms with Crippen LogP contribution >= 0.6 is 0 Å². The molecule has 1 aromatic heterocycles. The first-order valence-electron chi connectivity index (χ1n) is 5.45. The molecule has 2 aromatic rings. The van der Waals surface area contributed by atoms with Crippen LogP contribution in [0.3, 0.4) is 0 Å². The van der Waals surface area contributed by atoms with Gasteiger partial charge in [-0.3, -0.25) is 0 Å². The van der Waals surface area contributed by atoms with Crippen LogP contribution in [0.5, 0.6) is 11.8 Å². The maximum atomic E-state index is 5.60. The van der Waals surface area contributed by atoms with Crippen molar-refractivity contribution in [2.75, 3.05) is 0 Å². The quantitative estimate of drug-likeness (QED) is 0.877. The van der Waals surface area contributed by atoms with Crippen molar-refractivity contribution in [3.05, 3.63) is 47.3 Å². The Morgan fingerprint density at radius 2 is 1.88 bits per heavy atom. The molecule has 0 radical (unpaired) electrons. The van der Waals surface area contributed by atoms with Crippen molar-refractivity contribution in [3.8, 4) is 11.8 Å². The van der Waals surface area contributed by atoms with Crippen LogP contribution in [0.1, 0.15) is 16.8 Å². The Hall–Kier alpha value is -1.94. The summed E-state index contributed by atoms with van der Waals surface area (Å²) in [6, 6.07) is 8.09. The number of benzene rings is 1. The third-order valence-electron chi connectivity index (χ3n) is 2.30. The molecule has 0 amide bonds. The molecule has 2 N–H and O–H groups in total. The zero-order valence-electron chi connectivity index (χ0n) is 9.97. The molecule has 0 spiro atoms. The molecule has 0 aliphatic heterocycles. The highest BCUT2D eigenvalue weighted by molar-refractivity contribution is 5.34. The molecule has 1 aromatic carbocycles. The topological polar surface area (TPSA) is 61.0 Å². The third-order valence-corrected chi connectivity index (χ3v) is 2.30. The Balaban J connectivity index is 2.24. The molecule has 4 heteroatoms. The summed E-state index contributed by atoms with van der Waals surface area (Å²) in [4.78, 5) is 8.24. The van der Waals surface area contributed by atoms with E-state index >= 15 is 0 Å². The van der Waals surface area contributed by atoms with Gasteiger partial charge in [0.15, 0.2) is 0 Å². The number of ether oxygens (including phenoxy) is 1. The second-order valence-corrected chi connectivity index (χ2v) is 3.96. The van der Waals surface area contributed by atoms with Gasteiger partial charge in [-0.25, -0.2) is 4.98 Å². The number of nitrogens with zero attached hydrogens (tertiary/aromatic N) is 2. The fourth-order valence-electron chi connectivity index (χ4n) is 1.64. The van der Waals surface area contributed by atoms with Crippen LogP contribution in [0.15, 0.2) is 30.5 Å². The molecule has 0 fully saturated rings. The zero-order valence-corrected chi connectivity index (χ0v) is 9.97. The van der Waals surface area contributed by atoms with E-state index in [-0.39, 0.29) is 0 Å². The van der Waals surface area contributed by atoms with Crippen molar-refractivity contribution in [1.82, 2.24) is 9.97 Å². The Morgan fingerprint density at radius 3 is 2.53 bits per heavy atom. The van der Waals surface area contributed by atoms with Crippen LogP contribution in [-0.4, -0.2) is 9.97 Å². The van der Waals surface area contributed by atoms with E-state index < -0.39 is 0 Å². The van der Waals surface area contributed by atoms with Crippen molar-refractivity contribution in [3.63, 3.8) is 0 Å². The van der Waals surface area contributed by atoms with Crippen LogP contribution in [0.4, 0.5) is 0 Å². The minimum Gasteiger partial charge on any atom is -0.424 e. The molecule has 17 heavy (non-hydrogen) atoms. The van der Waals surface area contributed by atoms with E-state index in [4.69, 9.17) is 10.5 Å². The SMILES string of the molecule is Cc1cc(C)cc(Oc2nccc(CN)n2)c1. The van der Waals surface area contributed by atoms with E-state index in [1.54, 1.807) is 12.3 Å². The number of hydrogen-bond donors (Lipinski definition) is 1. The number of rotatable bonds is 3. The summed E-state index contributed by atoms with van der Waals surface area (Å²) < 4.78 is 5.60. The molecular formula is C13H15N3O. The third kappa shape index (κ3) is 3.01. The van der Waals surface area contributed by atoms with Gasteiger partial charge in [-0.05, 0) is 43.2 Å². The average Bonchev–Trinajstić information content (AvgIpc) is 2.28. The lowest BCUT2D eigenvalue weighted by Gasteiger charge is -2.06. The fourth-order valence-corrected chi connectivity index (χ4v) is 1.64. The lowest BCUT2D eigenvalue weighted by atomic mass is 10.1. The van der Waals surface area contributed by atoms with E-state index in [9.17, 15) is 0 Å². The van der Waals surface area contributed by atoms with Gasteiger partial charge in [0.05, 0.1) is 5.69 Å². The summed E-state index contributed by atoms with van der Waals surface area (Å²) in [5, 5.41) is 0. The van der Waals surface area contributed by atoms with Crippen LogP contribution in [0.25, 0.3) is 0 Å². The molecule has 4 nitrogen and oxygen atoms in total. The van der Waals surface area contributed by atoms with E-state index in [0.29, 0.717) is 12.6 Å². The summed E-state index contributed by atoms with van der Waals surface area (Å²) in [5.41, 5.74) is 8.57. The van der Waals surface area contributed by atoms with Crippen LogP contribution < -0.4 is 10.5 Å². The maximum absolute atomic E-state index is 5.60. The predicted molar refractivity (Wildman–Crippen MR) is 65.9 cm³/mol. The molecule has 1 heterocycles. The molecule has 2 rings (SSSR count). The Kier molecular flexibility index (Phi) is 3.35. The van der Waals surface area contributed by atoms with E-state index in [1.165, 1.54) is 0 Å². The molecular weight excluding hydrogens is 214 g/mol. The standard InChI is InChI=1S/C13H15N3O/c1-9-5-10(2)7-12(6-9)17-13-15-4-3-11(8-14)16-13/h3-7H,8,14H2,1-2H3. The van der Waals surface area contributed by atoms with Gasteiger partial charge >= 0.3 is 6.01 Å². The Bertz CT molecular complexity index is 506. The van der Waals surface area contributed by atoms with Crippen molar-refractivity contribution < 1.29 is 4.74 Å². The van der Waals surface area contributed by atoms with E-state index in [2.05, 4.69) is 16.0 Å². The largest absolute Gasteiger partial charge is 0.424 e. The summed E-state index contributed by atoms with van der Waals surface area (Å²) >= 11 is 0. The number of hydrogen-bond acceptors (Lipinski definition) is 4. The highest BCUT2D eigenvalue weighted by Gasteiger charge is 2.02. The molecule has 0 saturated carbocycles. The van der Waals surface area contributed by atoms with Crippen LogP contribution in [-0.2, 0) is 6.54 Å². The summed E-state index contributed by atoms with van der Waals surface area (Å²) in [6.45, 7) is 4.43. The highest BCUT2D eigenvalue weighted by atomic mass is 16.5. The highest BCUT2D eigenvalue weighted by Crippen LogP contribution is 2.20. The number of nitrogens with two attached hydrogens (primary N) is 1. The molecule has 0 bridgehead atoms. The minimum atomic E-state index is 0.331.